The van der Waals surface area contributed by atoms with Crippen molar-refractivity contribution in [3.05, 3.63) is 99.5 Å². The maximum absolute atomic E-state index is 14.0. The lowest BCUT2D eigenvalue weighted by atomic mass is 9.77. The average molecular weight is 570 g/mol. The van der Waals surface area contributed by atoms with Crippen LogP contribution in [-0.4, -0.2) is 46.3 Å². The average Bonchev–Trinajstić information content (AvgIpc) is 2.92. The Morgan fingerprint density at radius 2 is 1.66 bits per heavy atom. The quantitative estimate of drug-likeness (QED) is 0.252. The molecule has 0 radical (unpaired) electrons. The van der Waals surface area contributed by atoms with Gasteiger partial charge in [-0.3, -0.25) is 9.59 Å². The molecule has 5 nitrogen and oxygen atoms in total. The molecule has 8 heteroatoms. The van der Waals surface area contributed by atoms with Crippen LogP contribution >= 0.6 is 35.0 Å². The predicted octanol–water partition coefficient (Wildman–Crippen LogP) is 6.49. The van der Waals surface area contributed by atoms with E-state index in [1.165, 1.54) is 0 Å². The Labute approximate surface area is 237 Å². The number of amides is 2. The SMILES string of the molecule is O=C(NCCSc1ccccc1)[C@@H]1c2ccccc2C(=O)N([C@H]2CC[C@H](O)CC2)[C@H]1c1ccc(Cl)cc1Cl. The maximum atomic E-state index is 14.0. The molecule has 1 aliphatic carbocycles. The zero-order chi connectivity index (χ0) is 26.6. The van der Waals surface area contributed by atoms with Crippen LogP contribution in [0.5, 0.6) is 0 Å². The third-order valence-electron chi connectivity index (χ3n) is 7.41. The van der Waals surface area contributed by atoms with Crippen molar-refractivity contribution in [2.45, 2.75) is 54.7 Å². The number of nitrogens with one attached hydrogen (secondary N) is 1. The van der Waals surface area contributed by atoms with Gasteiger partial charge in [-0.1, -0.05) is 65.7 Å². The fraction of sp³-hybridized carbons (Fsp3) is 0.333. The van der Waals surface area contributed by atoms with Crippen molar-refractivity contribution >= 4 is 46.8 Å². The van der Waals surface area contributed by atoms with Gasteiger partial charge in [0, 0.05) is 38.8 Å². The molecule has 0 bridgehead atoms. The number of carbonyl (C=O) groups excluding carboxylic acids is 2. The second-order valence-corrected chi connectivity index (χ2v) is 11.8. The third kappa shape index (κ3) is 5.74. The molecule has 1 saturated carbocycles. The lowest BCUT2D eigenvalue weighted by molar-refractivity contribution is -0.124. The van der Waals surface area contributed by atoms with Gasteiger partial charge in [0.2, 0.25) is 5.91 Å². The normalized spacial score (nSPS) is 23.1. The minimum absolute atomic E-state index is 0.110. The molecule has 198 valence electrons. The lowest BCUT2D eigenvalue weighted by Crippen LogP contribution is -2.52. The first-order valence-electron chi connectivity index (χ1n) is 12.9. The number of halogens is 2. The summed E-state index contributed by atoms with van der Waals surface area (Å²) >= 11 is 14.6. The molecule has 1 fully saturated rings. The summed E-state index contributed by atoms with van der Waals surface area (Å²) in [4.78, 5) is 31.0. The van der Waals surface area contributed by atoms with E-state index in [0.717, 1.165) is 10.6 Å². The molecule has 2 N–H and O–H groups in total. The number of aliphatic hydroxyl groups is 1. The van der Waals surface area contributed by atoms with Crippen molar-refractivity contribution < 1.29 is 14.7 Å². The van der Waals surface area contributed by atoms with Crippen LogP contribution in [-0.2, 0) is 4.79 Å². The summed E-state index contributed by atoms with van der Waals surface area (Å²) in [5.41, 5.74) is 1.94. The highest BCUT2D eigenvalue weighted by atomic mass is 35.5. The van der Waals surface area contributed by atoms with Crippen LogP contribution in [0.2, 0.25) is 10.0 Å². The summed E-state index contributed by atoms with van der Waals surface area (Å²) in [5, 5.41) is 14.2. The maximum Gasteiger partial charge on any atom is 0.254 e. The first-order valence-corrected chi connectivity index (χ1v) is 14.7. The highest BCUT2D eigenvalue weighted by Gasteiger charge is 2.47. The van der Waals surface area contributed by atoms with Crippen LogP contribution in [0, 0.1) is 0 Å². The van der Waals surface area contributed by atoms with Gasteiger partial charge >= 0.3 is 0 Å². The van der Waals surface area contributed by atoms with E-state index in [4.69, 9.17) is 23.2 Å². The van der Waals surface area contributed by atoms with Gasteiger partial charge in [-0.05, 0) is 67.1 Å². The number of carbonyl (C=O) groups is 2. The number of thioether (sulfide) groups is 1. The fourth-order valence-electron chi connectivity index (χ4n) is 5.61. The van der Waals surface area contributed by atoms with E-state index in [9.17, 15) is 14.7 Å². The molecular formula is C30H30Cl2N2O3S. The Kier molecular flexibility index (Phi) is 8.64. The number of nitrogens with zero attached hydrogens (tertiary/aromatic N) is 1. The van der Waals surface area contributed by atoms with Gasteiger partial charge in [0.1, 0.15) is 0 Å². The Balaban J connectivity index is 1.50. The van der Waals surface area contributed by atoms with Crippen LogP contribution < -0.4 is 5.32 Å². The molecule has 2 atom stereocenters. The molecule has 2 amide bonds. The van der Waals surface area contributed by atoms with Crippen molar-refractivity contribution in [1.29, 1.82) is 0 Å². The molecule has 5 rings (SSSR count). The van der Waals surface area contributed by atoms with Crippen molar-refractivity contribution in [2.24, 2.45) is 0 Å². The van der Waals surface area contributed by atoms with Gasteiger partial charge in [-0.25, -0.2) is 0 Å². The van der Waals surface area contributed by atoms with Crippen LogP contribution in [0.1, 0.15) is 59.1 Å². The molecule has 0 unspecified atom stereocenters. The van der Waals surface area contributed by atoms with Crippen LogP contribution in [0.25, 0.3) is 0 Å². The molecule has 38 heavy (non-hydrogen) atoms. The van der Waals surface area contributed by atoms with Crippen molar-refractivity contribution in [3.8, 4) is 0 Å². The number of hydrogen-bond donors (Lipinski definition) is 2. The highest BCUT2D eigenvalue weighted by Crippen LogP contribution is 2.47. The molecular weight excluding hydrogens is 539 g/mol. The second-order valence-electron chi connectivity index (χ2n) is 9.80. The monoisotopic (exact) mass is 568 g/mol. The molecule has 2 aliphatic rings. The number of hydrogen-bond acceptors (Lipinski definition) is 4. The van der Waals surface area contributed by atoms with E-state index in [1.54, 1.807) is 30.0 Å². The molecule has 1 aliphatic heterocycles. The number of rotatable bonds is 7. The van der Waals surface area contributed by atoms with Crippen LogP contribution in [0.15, 0.2) is 77.7 Å². The van der Waals surface area contributed by atoms with E-state index >= 15 is 0 Å². The Hall–Kier alpha value is -2.51. The highest BCUT2D eigenvalue weighted by molar-refractivity contribution is 7.99. The molecule has 1 heterocycles. The summed E-state index contributed by atoms with van der Waals surface area (Å²) in [6.07, 6.45) is 2.20. The summed E-state index contributed by atoms with van der Waals surface area (Å²) in [5.74, 6) is -0.173. The minimum atomic E-state index is -0.642. The zero-order valence-electron chi connectivity index (χ0n) is 20.9. The summed E-state index contributed by atoms with van der Waals surface area (Å²) < 4.78 is 0. The summed E-state index contributed by atoms with van der Waals surface area (Å²) in [6, 6.07) is 22.0. The molecule has 3 aromatic carbocycles. The summed E-state index contributed by atoms with van der Waals surface area (Å²) in [6.45, 7) is 0.488. The smallest absolute Gasteiger partial charge is 0.254 e. The van der Waals surface area contributed by atoms with Gasteiger partial charge in [0.25, 0.3) is 5.91 Å². The summed E-state index contributed by atoms with van der Waals surface area (Å²) in [7, 11) is 0. The van der Waals surface area contributed by atoms with Gasteiger partial charge < -0.3 is 15.3 Å². The van der Waals surface area contributed by atoms with Gasteiger partial charge in [0.05, 0.1) is 18.1 Å². The Morgan fingerprint density at radius 1 is 0.947 bits per heavy atom. The van der Waals surface area contributed by atoms with E-state index < -0.39 is 12.0 Å². The zero-order valence-corrected chi connectivity index (χ0v) is 23.2. The van der Waals surface area contributed by atoms with E-state index in [2.05, 4.69) is 5.32 Å². The number of benzene rings is 3. The van der Waals surface area contributed by atoms with E-state index in [-0.39, 0.29) is 24.0 Å². The minimum Gasteiger partial charge on any atom is -0.393 e. The molecule has 0 spiro atoms. The standard InChI is InChI=1S/C30H30Cl2N2O3S/c31-19-10-15-25(26(32)18-19)28-27(29(36)33-16-17-38-22-6-2-1-3-7-22)23-8-4-5-9-24(23)30(37)34(28)20-11-13-21(35)14-12-20/h1-10,15,18,20-21,27-28,35H,11-14,16-17H2,(H,33,36)/t20-,21-,27-,28+/m1/s1. The van der Waals surface area contributed by atoms with Crippen molar-refractivity contribution in [1.82, 2.24) is 10.2 Å². The Bertz CT molecular complexity index is 1300. The topological polar surface area (TPSA) is 69.6 Å². The first kappa shape index (κ1) is 27.1. The van der Waals surface area contributed by atoms with Crippen molar-refractivity contribution in [3.63, 3.8) is 0 Å². The van der Waals surface area contributed by atoms with E-state index in [1.807, 2.05) is 59.5 Å². The van der Waals surface area contributed by atoms with Crippen molar-refractivity contribution in [2.75, 3.05) is 12.3 Å². The Morgan fingerprint density at radius 3 is 2.39 bits per heavy atom. The fourth-order valence-corrected chi connectivity index (χ4v) is 6.92. The first-order chi connectivity index (χ1) is 18.4. The van der Waals surface area contributed by atoms with Crippen LogP contribution in [0.3, 0.4) is 0 Å². The second kappa shape index (κ2) is 12.1. The van der Waals surface area contributed by atoms with Crippen LogP contribution in [0.4, 0.5) is 0 Å². The number of aliphatic hydroxyl groups excluding tert-OH is 1. The van der Waals surface area contributed by atoms with Gasteiger partial charge in [0.15, 0.2) is 0 Å². The third-order valence-corrected chi connectivity index (χ3v) is 8.99. The lowest BCUT2D eigenvalue weighted by Gasteiger charge is -2.47. The van der Waals surface area contributed by atoms with E-state index in [0.29, 0.717) is 59.0 Å². The largest absolute Gasteiger partial charge is 0.393 e. The molecule has 0 aromatic heterocycles. The van der Waals surface area contributed by atoms with Gasteiger partial charge in [-0.2, -0.15) is 0 Å². The predicted molar refractivity (Wildman–Crippen MR) is 153 cm³/mol. The molecule has 0 saturated heterocycles. The number of fused-ring (bicyclic) bond motifs is 1. The molecule has 3 aromatic rings. The van der Waals surface area contributed by atoms with Gasteiger partial charge in [-0.15, -0.1) is 11.8 Å².